The van der Waals surface area contributed by atoms with Gasteiger partial charge in [-0.3, -0.25) is 0 Å². The predicted octanol–water partition coefficient (Wildman–Crippen LogP) is 2.80. The minimum Gasteiger partial charge on any atom is -0.508 e. The molecule has 0 aliphatic carbocycles. The first-order chi connectivity index (χ1) is 11.3. The van der Waals surface area contributed by atoms with E-state index in [9.17, 15) is 9.90 Å². The van der Waals surface area contributed by atoms with Gasteiger partial charge in [0.05, 0.1) is 0 Å². The van der Waals surface area contributed by atoms with Crippen LogP contribution in [0.4, 0.5) is 10.5 Å². The molecule has 0 spiro atoms. The minimum atomic E-state index is -0.577. The van der Waals surface area contributed by atoms with Gasteiger partial charge in [-0.15, -0.1) is 0 Å². The average molecular weight is 335 g/mol. The van der Waals surface area contributed by atoms with Gasteiger partial charge in [0, 0.05) is 31.3 Å². The molecule has 2 N–H and O–H groups in total. The van der Waals surface area contributed by atoms with E-state index in [1.54, 1.807) is 18.2 Å². The highest BCUT2D eigenvalue weighted by Gasteiger charge is 2.44. The Hall–Kier alpha value is -2.05. The van der Waals surface area contributed by atoms with E-state index in [2.05, 4.69) is 11.9 Å². The van der Waals surface area contributed by atoms with Gasteiger partial charge in [-0.1, -0.05) is 12.7 Å². The van der Waals surface area contributed by atoms with Crippen LogP contribution >= 0.6 is 0 Å². The summed E-state index contributed by atoms with van der Waals surface area (Å²) in [5.74, 6) is 0.565. The van der Waals surface area contributed by atoms with E-state index < -0.39 is 5.60 Å². The molecule has 0 atom stereocenters. The van der Waals surface area contributed by atoms with Gasteiger partial charge in [0.2, 0.25) is 0 Å². The van der Waals surface area contributed by atoms with Crippen LogP contribution in [0, 0.1) is 0 Å². The van der Waals surface area contributed by atoms with Crippen molar-refractivity contribution in [2.24, 2.45) is 0 Å². The van der Waals surface area contributed by atoms with Gasteiger partial charge in [0.15, 0.2) is 5.69 Å². The molecule has 0 radical (unpaired) electrons. The van der Waals surface area contributed by atoms with Crippen LogP contribution in [-0.2, 0) is 4.74 Å². The number of nitrogens with one attached hydrogen (secondary N) is 1. The van der Waals surface area contributed by atoms with Gasteiger partial charge in [-0.25, -0.2) is 0 Å². The summed E-state index contributed by atoms with van der Waals surface area (Å²) < 4.78 is 11.2. The highest BCUT2D eigenvalue weighted by molar-refractivity contribution is 5.83. The molecule has 0 bridgehead atoms. The maximum Gasteiger partial charge on any atom is 0.521 e. The minimum absolute atomic E-state index is 0.0309. The average Bonchev–Trinajstić information content (AvgIpc) is 2.51. The SMILES string of the molecule is C=CCOc1cc(O)cc([N+]2(C(=O)OC(C)(C)C)CCNCC2)c1. The van der Waals surface area contributed by atoms with Crippen LogP contribution in [0.25, 0.3) is 0 Å². The molecular weight excluding hydrogens is 308 g/mol. The molecule has 1 saturated heterocycles. The summed E-state index contributed by atoms with van der Waals surface area (Å²) in [6.07, 6.45) is 1.32. The number of hydrogen-bond donors (Lipinski definition) is 2. The Morgan fingerprint density at radius 3 is 2.58 bits per heavy atom. The van der Waals surface area contributed by atoms with Crippen LogP contribution in [0.3, 0.4) is 0 Å². The lowest BCUT2D eigenvalue weighted by Gasteiger charge is -2.38. The van der Waals surface area contributed by atoms with Crippen molar-refractivity contribution in [3.63, 3.8) is 0 Å². The van der Waals surface area contributed by atoms with Gasteiger partial charge in [-0.2, -0.15) is 9.28 Å². The molecule has 2 rings (SSSR count). The van der Waals surface area contributed by atoms with Gasteiger partial charge in [-0.05, 0) is 20.8 Å². The largest absolute Gasteiger partial charge is 0.521 e. The monoisotopic (exact) mass is 335 g/mol. The fourth-order valence-electron chi connectivity index (χ4n) is 2.73. The van der Waals surface area contributed by atoms with Crippen LogP contribution in [0.2, 0.25) is 0 Å². The fraction of sp³-hybridized carbons (Fsp3) is 0.500. The van der Waals surface area contributed by atoms with Crippen LogP contribution < -0.4 is 14.5 Å². The number of carbonyl (C=O) groups excluding carboxylic acids is 1. The molecule has 1 aliphatic rings. The molecule has 1 heterocycles. The summed E-state index contributed by atoms with van der Waals surface area (Å²) >= 11 is 0. The molecule has 24 heavy (non-hydrogen) atoms. The third-order valence-electron chi connectivity index (χ3n) is 3.82. The van der Waals surface area contributed by atoms with Crippen molar-refractivity contribution < 1.29 is 19.4 Å². The number of nitrogens with zero attached hydrogens (tertiary/aromatic N) is 1. The number of aromatic hydroxyl groups is 1. The van der Waals surface area contributed by atoms with Crippen LogP contribution in [-0.4, -0.2) is 49.6 Å². The van der Waals surface area contributed by atoms with E-state index in [1.165, 1.54) is 6.07 Å². The highest BCUT2D eigenvalue weighted by atomic mass is 16.6. The molecule has 6 heteroatoms. The molecule has 0 aromatic heterocycles. The maximum atomic E-state index is 13.0. The topological polar surface area (TPSA) is 67.8 Å². The Bertz CT molecular complexity index is 602. The predicted molar refractivity (Wildman–Crippen MR) is 94.4 cm³/mol. The summed E-state index contributed by atoms with van der Waals surface area (Å²) in [5.41, 5.74) is 0.0939. The Morgan fingerprint density at radius 2 is 2.00 bits per heavy atom. The summed E-state index contributed by atoms with van der Waals surface area (Å²) in [6.45, 7) is 12.0. The van der Waals surface area contributed by atoms with Crippen molar-refractivity contribution in [3.05, 3.63) is 30.9 Å². The summed E-state index contributed by atoms with van der Waals surface area (Å²) in [4.78, 5) is 13.0. The van der Waals surface area contributed by atoms with E-state index in [1.807, 2.05) is 20.8 Å². The van der Waals surface area contributed by atoms with Crippen molar-refractivity contribution >= 4 is 11.8 Å². The molecule has 1 aromatic rings. The van der Waals surface area contributed by atoms with Crippen molar-refractivity contribution in [1.29, 1.82) is 0 Å². The quantitative estimate of drug-likeness (QED) is 0.654. The lowest BCUT2D eigenvalue weighted by molar-refractivity contribution is 0.0241. The number of benzene rings is 1. The maximum absolute atomic E-state index is 13.0. The van der Waals surface area contributed by atoms with Crippen LogP contribution in [0.5, 0.6) is 11.5 Å². The normalized spacial score (nSPS) is 17.1. The Morgan fingerprint density at radius 1 is 1.33 bits per heavy atom. The second kappa shape index (κ2) is 7.23. The first-order valence-electron chi connectivity index (χ1n) is 8.16. The van der Waals surface area contributed by atoms with E-state index in [4.69, 9.17) is 9.47 Å². The van der Waals surface area contributed by atoms with Gasteiger partial charge in [0.25, 0.3) is 0 Å². The van der Waals surface area contributed by atoms with E-state index in [-0.39, 0.29) is 16.3 Å². The van der Waals surface area contributed by atoms with Crippen LogP contribution in [0.1, 0.15) is 20.8 Å². The third-order valence-corrected chi connectivity index (χ3v) is 3.82. The summed E-state index contributed by atoms with van der Waals surface area (Å²) in [7, 11) is 0. The number of carbonyl (C=O) groups is 1. The molecule has 0 unspecified atom stereocenters. The zero-order chi connectivity index (χ0) is 17.8. The molecule has 0 saturated carbocycles. The number of phenolic OH excluding ortho intramolecular Hbond substituents is 1. The fourth-order valence-corrected chi connectivity index (χ4v) is 2.73. The molecule has 6 nitrogen and oxygen atoms in total. The number of ether oxygens (including phenoxy) is 2. The number of piperazine rings is 1. The Balaban J connectivity index is 2.42. The molecule has 1 aliphatic heterocycles. The van der Waals surface area contributed by atoms with E-state index in [0.717, 1.165) is 0 Å². The standard InChI is InChI=1S/C18H26N2O4/c1-5-10-23-16-12-14(11-15(21)13-16)20(8-6-19-7-9-20)17(22)24-18(2,3)4/h5,11-13,19H,1,6-10H2,2-4H3/p+1. The van der Waals surface area contributed by atoms with Crippen molar-refractivity contribution in [2.45, 2.75) is 26.4 Å². The van der Waals surface area contributed by atoms with E-state index >= 15 is 0 Å². The third kappa shape index (κ3) is 4.27. The Kier molecular flexibility index (Phi) is 5.51. The zero-order valence-electron chi connectivity index (χ0n) is 14.7. The molecule has 1 fully saturated rings. The highest BCUT2D eigenvalue weighted by Crippen LogP contribution is 2.34. The molecule has 1 amide bonds. The summed E-state index contributed by atoms with van der Waals surface area (Å²) in [6, 6.07) is 4.93. The van der Waals surface area contributed by atoms with Gasteiger partial charge < -0.3 is 19.9 Å². The molecule has 1 aromatic carbocycles. The van der Waals surface area contributed by atoms with Crippen molar-refractivity contribution in [1.82, 2.24) is 9.80 Å². The Labute approximate surface area is 143 Å². The van der Waals surface area contributed by atoms with E-state index in [0.29, 0.717) is 44.2 Å². The number of hydrogen-bond acceptors (Lipinski definition) is 5. The first-order valence-corrected chi connectivity index (χ1v) is 8.16. The number of rotatable bonds is 4. The van der Waals surface area contributed by atoms with Crippen LogP contribution in [0.15, 0.2) is 30.9 Å². The van der Waals surface area contributed by atoms with Gasteiger partial charge >= 0.3 is 6.09 Å². The number of amides is 1. The summed E-state index contributed by atoms with van der Waals surface area (Å²) in [5, 5.41) is 13.3. The molecular formula is C18H27N2O4+. The smallest absolute Gasteiger partial charge is 0.508 e. The second-order valence-corrected chi connectivity index (χ2v) is 6.93. The second-order valence-electron chi connectivity index (χ2n) is 6.93. The lowest BCUT2D eigenvalue weighted by atomic mass is 10.1. The van der Waals surface area contributed by atoms with Crippen molar-refractivity contribution in [2.75, 3.05) is 32.8 Å². The molecule has 132 valence electrons. The number of phenols is 1. The number of quaternary nitrogens is 1. The van der Waals surface area contributed by atoms with Crippen molar-refractivity contribution in [3.8, 4) is 11.5 Å². The van der Waals surface area contributed by atoms with Gasteiger partial charge in [0.1, 0.15) is 36.8 Å². The zero-order valence-corrected chi connectivity index (χ0v) is 14.7. The first kappa shape index (κ1) is 18.3. The lowest BCUT2D eigenvalue weighted by Crippen LogP contribution is -2.64.